The van der Waals surface area contributed by atoms with E-state index in [0.29, 0.717) is 24.3 Å². The molecule has 1 N–H and O–H groups in total. The summed E-state index contributed by atoms with van der Waals surface area (Å²) < 4.78 is 18.5. The molecular formula is C22H27FN2O4. The zero-order chi connectivity index (χ0) is 21.6. The average Bonchev–Trinajstić information content (AvgIpc) is 3.05. The molecule has 0 aliphatic heterocycles. The number of hydrogen-bond acceptors (Lipinski definition) is 4. The number of H-pyrrole nitrogens is 1. The molecule has 0 aliphatic rings. The average molecular weight is 402 g/mol. The van der Waals surface area contributed by atoms with Gasteiger partial charge < -0.3 is 14.6 Å². The molecule has 1 aromatic heterocycles. The molecule has 29 heavy (non-hydrogen) atoms. The molecule has 2 aromatic rings. The Kier molecular flexibility index (Phi) is 7.70. The van der Waals surface area contributed by atoms with Crippen LogP contribution in [0.15, 0.2) is 24.3 Å². The maximum Gasteiger partial charge on any atom is 0.340 e. The van der Waals surface area contributed by atoms with E-state index in [2.05, 4.69) is 4.98 Å². The number of benzene rings is 1. The Morgan fingerprint density at radius 3 is 2.31 bits per heavy atom. The smallest absolute Gasteiger partial charge is 0.340 e. The standard InChI is InChI=1S/C22H27FN2O4/c1-5-8-13-25(6-2)21(27)20(26)19-18(15-9-11-16(23)12-10-15)17(14(4)24-19)22(28)29-7-3/h9-12,24H,5-8,13H2,1-4H3. The number of aromatic nitrogens is 1. The van der Waals surface area contributed by atoms with Crippen LogP contribution < -0.4 is 0 Å². The van der Waals surface area contributed by atoms with Crippen molar-refractivity contribution in [3.63, 3.8) is 0 Å². The summed E-state index contributed by atoms with van der Waals surface area (Å²) in [5.74, 6) is -2.42. The Hall–Kier alpha value is -2.96. The summed E-state index contributed by atoms with van der Waals surface area (Å²) in [5.41, 5.74) is 1.30. The van der Waals surface area contributed by atoms with Gasteiger partial charge in [0.25, 0.3) is 11.7 Å². The Labute approximate surface area is 170 Å². The van der Waals surface area contributed by atoms with Gasteiger partial charge in [-0.1, -0.05) is 25.5 Å². The summed E-state index contributed by atoms with van der Waals surface area (Å²) in [6, 6.07) is 5.41. The molecule has 0 atom stereocenters. The molecule has 1 aromatic carbocycles. The number of carbonyl (C=O) groups is 3. The van der Waals surface area contributed by atoms with Crippen molar-refractivity contribution < 1.29 is 23.5 Å². The van der Waals surface area contributed by atoms with E-state index in [1.54, 1.807) is 13.8 Å². The van der Waals surface area contributed by atoms with Crippen LogP contribution in [0.2, 0.25) is 0 Å². The number of aryl methyl sites for hydroxylation is 1. The lowest BCUT2D eigenvalue weighted by Crippen LogP contribution is -2.37. The molecular weight excluding hydrogens is 375 g/mol. The predicted molar refractivity (Wildman–Crippen MR) is 108 cm³/mol. The third-order valence-electron chi connectivity index (χ3n) is 4.67. The highest BCUT2D eigenvalue weighted by molar-refractivity contribution is 6.43. The molecule has 1 heterocycles. The number of nitrogens with one attached hydrogen (secondary N) is 1. The van der Waals surface area contributed by atoms with Crippen molar-refractivity contribution >= 4 is 17.7 Å². The number of rotatable bonds is 9. The number of likely N-dealkylation sites (N-methyl/N-ethyl adjacent to an activating group) is 1. The van der Waals surface area contributed by atoms with Gasteiger partial charge >= 0.3 is 5.97 Å². The highest BCUT2D eigenvalue weighted by atomic mass is 19.1. The number of ether oxygens (including phenoxy) is 1. The van der Waals surface area contributed by atoms with Crippen molar-refractivity contribution in [2.24, 2.45) is 0 Å². The molecule has 0 spiro atoms. The van der Waals surface area contributed by atoms with Gasteiger partial charge in [0, 0.05) is 24.3 Å². The fraction of sp³-hybridized carbons (Fsp3) is 0.409. The first-order valence-electron chi connectivity index (χ1n) is 9.84. The fourth-order valence-corrected chi connectivity index (χ4v) is 3.16. The van der Waals surface area contributed by atoms with Gasteiger partial charge in [-0.05, 0) is 44.9 Å². The second-order valence-corrected chi connectivity index (χ2v) is 6.67. The summed E-state index contributed by atoms with van der Waals surface area (Å²) in [5, 5.41) is 0. The number of aromatic amines is 1. The Morgan fingerprint density at radius 2 is 1.76 bits per heavy atom. The lowest BCUT2D eigenvalue weighted by atomic mass is 9.98. The summed E-state index contributed by atoms with van der Waals surface area (Å²) in [7, 11) is 0. The van der Waals surface area contributed by atoms with Crippen LogP contribution in [-0.2, 0) is 9.53 Å². The minimum absolute atomic E-state index is 0.0112. The number of nitrogens with zero attached hydrogens (tertiary/aromatic N) is 1. The van der Waals surface area contributed by atoms with Gasteiger partial charge in [0.1, 0.15) is 11.5 Å². The quantitative estimate of drug-likeness (QED) is 0.388. The maximum atomic E-state index is 13.4. The molecule has 0 saturated heterocycles. The van der Waals surface area contributed by atoms with Gasteiger partial charge in [-0.15, -0.1) is 0 Å². The first-order valence-corrected chi connectivity index (χ1v) is 9.84. The van der Waals surface area contributed by atoms with Crippen LogP contribution in [0.1, 0.15) is 60.2 Å². The molecule has 0 saturated carbocycles. The van der Waals surface area contributed by atoms with E-state index >= 15 is 0 Å². The zero-order valence-electron chi connectivity index (χ0n) is 17.3. The lowest BCUT2D eigenvalue weighted by Gasteiger charge is -2.19. The van der Waals surface area contributed by atoms with E-state index in [1.165, 1.54) is 29.2 Å². The van der Waals surface area contributed by atoms with E-state index in [1.807, 2.05) is 13.8 Å². The highest BCUT2D eigenvalue weighted by Crippen LogP contribution is 2.32. The van der Waals surface area contributed by atoms with Gasteiger partial charge in [-0.3, -0.25) is 9.59 Å². The number of esters is 1. The lowest BCUT2D eigenvalue weighted by molar-refractivity contribution is -0.126. The van der Waals surface area contributed by atoms with Crippen LogP contribution in [0.3, 0.4) is 0 Å². The van der Waals surface area contributed by atoms with Gasteiger partial charge in [0.05, 0.1) is 12.2 Å². The Balaban J connectivity index is 2.57. The van der Waals surface area contributed by atoms with E-state index < -0.39 is 23.5 Å². The topological polar surface area (TPSA) is 79.5 Å². The number of Topliss-reactive ketones (excluding diaryl/α,β-unsaturated/α-hetero) is 1. The van der Waals surface area contributed by atoms with E-state index in [-0.39, 0.29) is 23.4 Å². The number of carbonyl (C=O) groups excluding carboxylic acids is 3. The molecule has 0 bridgehead atoms. The van der Waals surface area contributed by atoms with E-state index in [9.17, 15) is 18.8 Å². The third kappa shape index (κ3) is 4.91. The normalized spacial score (nSPS) is 10.7. The monoisotopic (exact) mass is 402 g/mol. The van der Waals surface area contributed by atoms with Crippen LogP contribution in [0.25, 0.3) is 11.1 Å². The van der Waals surface area contributed by atoms with Crippen molar-refractivity contribution in [1.29, 1.82) is 0 Å². The largest absolute Gasteiger partial charge is 0.462 e. The summed E-state index contributed by atoms with van der Waals surface area (Å²) in [6.07, 6.45) is 1.68. The fourth-order valence-electron chi connectivity index (χ4n) is 3.16. The molecule has 6 nitrogen and oxygen atoms in total. The molecule has 7 heteroatoms. The summed E-state index contributed by atoms with van der Waals surface area (Å²) in [4.78, 5) is 42.8. The number of halogens is 1. The van der Waals surface area contributed by atoms with Crippen molar-refractivity contribution in [2.45, 2.75) is 40.5 Å². The van der Waals surface area contributed by atoms with E-state index in [4.69, 9.17) is 4.74 Å². The van der Waals surface area contributed by atoms with Crippen LogP contribution in [0.4, 0.5) is 4.39 Å². The molecule has 156 valence electrons. The van der Waals surface area contributed by atoms with Crippen LogP contribution in [-0.4, -0.2) is 47.2 Å². The van der Waals surface area contributed by atoms with Crippen molar-refractivity contribution in [2.75, 3.05) is 19.7 Å². The SMILES string of the molecule is CCCCN(CC)C(=O)C(=O)c1[nH]c(C)c(C(=O)OCC)c1-c1ccc(F)cc1. The number of ketones is 1. The predicted octanol–water partition coefficient (Wildman–Crippen LogP) is 4.14. The third-order valence-corrected chi connectivity index (χ3v) is 4.67. The summed E-state index contributed by atoms with van der Waals surface area (Å²) in [6.45, 7) is 8.18. The highest BCUT2D eigenvalue weighted by Gasteiger charge is 2.31. The van der Waals surface area contributed by atoms with Crippen LogP contribution in [0, 0.1) is 12.7 Å². The van der Waals surface area contributed by atoms with Gasteiger partial charge in [-0.2, -0.15) is 0 Å². The van der Waals surface area contributed by atoms with Crippen molar-refractivity contribution in [3.8, 4) is 11.1 Å². The van der Waals surface area contributed by atoms with Crippen molar-refractivity contribution in [1.82, 2.24) is 9.88 Å². The first kappa shape index (κ1) is 22.3. The van der Waals surface area contributed by atoms with Gasteiger partial charge in [0.15, 0.2) is 0 Å². The van der Waals surface area contributed by atoms with Crippen LogP contribution in [0.5, 0.6) is 0 Å². The zero-order valence-corrected chi connectivity index (χ0v) is 17.3. The number of amides is 1. The minimum atomic E-state index is -0.735. The second kappa shape index (κ2) is 10.0. The Morgan fingerprint density at radius 1 is 1.10 bits per heavy atom. The molecule has 0 radical (unpaired) electrons. The molecule has 0 aliphatic carbocycles. The molecule has 0 unspecified atom stereocenters. The molecule has 0 fully saturated rings. The summed E-state index contributed by atoms with van der Waals surface area (Å²) >= 11 is 0. The first-order chi connectivity index (χ1) is 13.8. The van der Waals surface area contributed by atoms with E-state index in [0.717, 1.165) is 12.8 Å². The molecule has 1 amide bonds. The maximum absolute atomic E-state index is 13.4. The Bertz CT molecular complexity index is 887. The van der Waals surface area contributed by atoms with Crippen molar-refractivity contribution in [3.05, 3.63) is 47.0 Å². The molecule has 2 rings (SSSR count). The number of hydrogen-bond donors (Lipinski definition) is 1. The number of unbranched alkanes of at least 4 members (excludes halogenated alkanes) is 1. The second-order valence-electron chi connectivity index (χ2n) is 6.67. The van der Waals surface area contributed by atoms with Crippen LogP contribution >= 0.6 is 0 Å². The minimum Gasteiger partial charge on any atom is -0.462 e. The van der Waals surface area contributed by atoms with Gasteiger partial charge in [0.2, 0.25) is 0 Å². The van der Waals surface area contributed by atoms with Gasteiger partial charge in [-0.25, -0.2) is 9.18 Å².